The van der Waals surface area contributed by atoms with Crippen molar-refractivity contribution in [2.24, 2.45) is 5.41 Å². The van der Waals surface area contributed by atoms with Gasteiger partial charge >= 0.3 is 5.97 Å². The van der Waals surface area contributed by atoms with Gasteiger partial charge in [0.1, 0.15) is 0 Å². The first-order valence-electron chi connectivity index (χ1n) is 7.88. The van der Waals surface area contributed by atoms with Gasteiger partial charge in [0.25, 0.3) is 0 Å². The van der Waals surface area contributed by atoms with Crippen molar-refractivity contribution in [3.05, 3.63) is 34.9 Å². The standard InChI is InChI=1S/C18H27ClO2/c1-4-21-17(20)18(2,3)14-10-6-5-7-11-15-12-8-9-13-16(15)19/h8-9,12-13H,4-7,10-11,14H2,1-3H3. The first-order chi connectivity index (χ1) is 9.97. The third kappa shape index (κ3) is 6.52. The Morgan fingerprint density at radius 1 is 1.14 bits per heavy atom. The van der Waals surface area contributed by atoms with Crippen LogP contribution in [0.2, 0.25) is 5.02 Å². The number of rotatable bonds is 9. The average molecular weight is 311 g/mol. The molecule has 0 aliphatic carbocycles. The van der Waals surface area contributed by atoms with Crippen LogP contribution >= 0.6 is 11.6 Å². The molecule has 0 aliphatic heterocycles. The molecule has 0 fully saturated rings. The number of carbonyl (C=O) groups excluding carboxylic acids is 1. The minimum absolute atomic E-state index is 0.0823. The van der Waals surface area contributed by atoms with Crippen LogP contribution in [-0.2, 0) is 16.0 Å². The van der Waals surface area contributed by atoms with Crippen molar-refractivity contribution in [3.63, 3.8) is 0 Å². The highest BCUT2D eigenvalue weighted by atomic mass is 35.5. The van der Waals surface area contributed by atoms with Crippen molar-refractivity contribution in [2.45, 2.75) is 59.3 Å². The van der Waals surface area contributed by atoms with Gasteiger partial charge in [0.15, 0.2) is 0 Å². The molecule has 21 heavy (non-hydrogen) atoms. The Hall–Kier alpha value is -1.02. The zero-order valence-electron chi connectivity index (χ0n) is 13.5. The highest BCUT2D eigenvalue weighted by Crippen LogP contribution is 2.26. The lowest BCUT2D eigenvalue weighted by atomic mass is 9.87. The van der Waals surface area contributed by atoms with E-state index in [9.17, 15) is 4.79 Å². The van der Waals surface area contributed by atoms with E-state index in [1.807, 2.05) is 39.0 Å². The van der Waals surface area contributed by atoms with Gasteiger partial charge in [0.05, 0.1) is 12.0 Å². The van der Waals surface area contributed by atoms with Gasteiger partial charge in [0.2, 0.25) is 0 Å². The van der Waals surface area contributed by atoms with Crippen molar-refractivity contribution in [1.82, 2.24) is 0 Å². The molecule has 0 aliphatic rings. The Balaban J connectivity index is 2.17. The topological polar surface area (TPSA) is 26.3 Å². The summed E-state index contributed by atoms with van der Waals surface area (Å²) in [4.78, 5) is 11.8. The van der Waals surface area contributed by atoms with E-state index in [1.165, 1.54) is 12.0 Å². The summed E-state index contributed by atoms with van der Waals surface area (Å²) < 4.78 is 5.10. The first kappa shape index (κ1) is 18.0. The van der Waals surface area contributed by atoms with Crippen LogP contribution in [0.1, 0.15) is 58.4 Å². The van der Waals surface area contributed by atoms with Gasteiger partial charge in [-0.05, 0) is 51.7 Å². The second-order valence-corrected chi connectivity index (χ2v) is 6.52. The van der Waals surface area contributed by atoms with E-state index in [2.05, 4.69) is 6.07 Å². The predicted molar refractivity (Wildman–Crippen MR) is 88.7 cm³/mol. The number of halogens is 1. The lowest BCUT2D eigenvalue weighted by Gasteiger charge is -2.21. The van der Waals surface area contributed by atoms with E-state index in [1.54, 1.807) is 0 Å². The monoisotopic (exact) mass is 310 g/mol. The smallest absolute Gasteiger partial charge is 0.311 e. The molecule has 1 aromatic carbocycles. The summed E-state index contributed by atoms with van der Waals surface area (Å²) in [5.41, 5.74) is 0.865. The van der Waals surface area contributed by atoms with Gasteiger partial charge in [-0.15, -0.1) is 0 Å². The SMILES string of the molecule is CCOC(=O)C(C)(C)CCCCCCc1ccccc1Cl. The zero-order chi connectivity index (χ0) is 15.7. The molecule has 0 bridgehead atoms. The molecule has 1 rings (SSSR count). The molecule has 0 unspecified atom stereocenters. The van der Waals surface area contributed by atoms with Crippen LogP contribution in [-0.4, -0.2) is 12.6 Å². The molecule has 0 aromatic heterocycles. The summed E-state index contributed by atoms with van der Waals surface area (Å²) in [5.74, 6) is -0.0823. The number of hydrogen-bond donors (Lipinski definition) is 0. The number of benzene rings is 1. The summed E-state index contributed by atoms with van der Waals surface area (Å²) in [7, 11) is 0. The van der Waals surface area contributed by atoms with Crippen LogP contribution in [0.15, 0.2) is 24.3 Å². The molecule has 0 atom stereocenters. The molecule has 118 valence electrons. The van der Waals surface area contributed by atoms with Gasteiger partial charge in [-0.3, -0.25) is 4.79 Å². The van der Waals surface area contributed by atoms with Crippen LogP contribution in [0.3, 0.4) is 0 Å². The van der Waals surface area contributed by atoms with Gasteiger partial charge < -0.3 is 4.74 Å². The van der Waals surface area contributed by atoms with Crippen LogP contribution in [0.4, 0.5) is 0 Å². The highest BCUT2D eigenvalue weighted by Gasteiger charge is 2.28. The highest BCUT2D eigenvalue weighted by molar-refractivity contribution is 6.31. The second-order valence-electron chi connectivity index (χ2n) is 6.11. The molecule has 1 aromatic rings. The van der Waals surface area contributed by atoms with Crippen molar-refractivity contribution in [3.8, 4) is 0 Å². The Morgan fingerprint density at radius 2 is 1.81 bits per heavy atom. The maximum absolute atomic E-state index is 11.8. The largest absolute Gasteiger partial charge is 0.466 e. The minimum atomic E-state index is -0.362. The summed E-state index contributed by atoms with van der Waals surface area (Å²) in [6.07, 6.45) is 6.44. The first-order valence-corrected chi connectivity index (χ1v) is 8.26. The fraction of sp³-hybridized carbons (Fsp3) is 0.611. The quantitative estimate of drug-likeness (QED) is 0.449. The van der Waals surface area contributed by atoms with Crippen LogP contribution in [0.25, 0.3) is 0 Å². The predicted octanol–water partition coefficient (Wildman–Crippen LogP) is 5.42. The van der Waals surface area contributed by atoms with E-state index in [-0.39, 0.29) is 11.4 Å². The lowest BCUT2D eigenvalue weighted by Crippen LogP contribution is -2.26. The molecular formula is C18H27ClO2. The molecular weight excluding hydrogens is 284 g/mol. The number of carbonyl (C=O) groups is 1. The average Bonchev–Trinajstić information content (AvgIpc) is 2.44. The molecule has 3 heteroatoms. The third-order valence-electron chi connectivity index (χ3n) is 3.78. The van der Waals surface area contributed by atoms with Crippen molar-refractivity contribution < 1.29 is 9.53 Å². The summed E-state index contributed by atoms with van der Waals surface area (Å²) in [6.45, 7) is 6.24. The molecule has 0 radical (unpaired) electrons. The molecule has 0 saturated carbocycles. The summed E-state index contributed by atoms with van der Waals surface area (Å²) >= 11 is 6.14. The van der Waals surface area contributed by atoms with Crippen LogP contribution in [0.5, 0.6) is 0 Å². The minimum Gasteiger partial charge on any atom is -0.466 e. The van der Waals surface area contributed by atoms with Gasteiger partial charge in [-0.25, -0.2) is 0 Å². The van der Waals surface area contributed by atoms with E-state index in [0.717, 1.165) is 37.1 Å². The van der Waals surface area contributed by atoms with Crippen LogP contribution in [0, 0.1) is 5.41 Å². The normalized spacial score (nSPS) is 11.4. The van der Waals surface area contributed by atoms with E-state index in [4.69, 9.17) is 16.3 Å². The van der Waals surface area contributed by atoms with Crippen molar-refractivity contribution in [1.29, 1.82) is 0 Å². The fourth-order valence-corrected chi connectivity index (χ4v) is 2.60. The van der Waals surface area contributed by atoms with Crippen molar-refractivity contribution in [2.75, 3.05) is 6.61 Å². The second kappa shape index (κ2) is 9.09. The molecule has 0 N–H and O–H groups in total. The van der Waals surface area contributed by atoms with Crippen LogP contribution < -0.4 is 0 Å². The summed E-state index contributed by atoms with van der Waals surface area (Å²) in [6, 6.07) is 8.03. The third-order valence-corrected chi connectivity index (χ3v) is 4.15. The van der Waals surface area contributed by atoms with Gasteiger partial charge in [0, 0.05) is 5.02 Å². The van der Waals surface area contributed by atoms with Crippen molar-refractivity contribution >= 4 is 17.6 Å². The number of unbranched alkanes of at least 4 members (excludes halogenated alkanes) is 3. The molecule has 0 saturated heterocycles. The molecule has 0 amide bonds. The Morgan fingerprint density at radius 3 is 2.48 bits per heavy atom. The molecule has 0 spiro atoms. The summed E-state index contributed by atoms with van der Waals surface area (Å²) in [5, 5.41) is 0.862. The van der Waals surface area contributed by atoms with E-state index < -0.39 is 0 Å². The number of hydrogen-bond acceptors (Lipinski definition) is 2. The lowest BCUT2D eigenvalue weighted by molar-refractivity contribution is -0.153. The Kier molecular flexibility index (Phi) is 7.81. The Labute approximate surface area is 133 Å². The number of aryl methyl sites for hydroxylation is 1. The molecule has 0 heterocycles. The maximum atomic E-state index is 11.8. The number of ether oxygens (including phenoxy) is 1. The maximum Gasteiger partial charge on any atom is 0.311 e. The van der Waals surface area contributed by atoms with E-state index in [0.29, 0.717) is 6.61 Å². The molecule has 2 nitrogen and oxygen atoms in total. The Bertz CT molecular complexity index is 441. The zero-order valence-corrected chi connectivity index (χ0v) is 14.2. The fourth-order valence-electron chi connectivity index (χ4n) is 2.37. The van der Waals surface area contributed by atoms with Gasteiger partial charge in [-0.2, -0.15) is 0 Å². The van der Waals surface area contributed by atoms with E-state index >= 15 is 0 Å². The number of esters is 1. The van der Waals surface area contributed by atoms with Gasteiger partial charge in [-0.1, -0.05) is 49.1 Å².